The van der Waals surface area contributed by atoms with Gasteiger partial charge in [0.05, 0.1) is 31.8 Å². The van der Waals surface area contributed by atoms with Crippen LogP contribution >= 0.6 is 0 Å². The van der Waals surface area contributed by atoms with Crippen molar-refractivity contribution in [2.24, 2.45) is 5.41 Å². The summed E-state index contributed by atoms with van der Waals surface area (Å²) in [6.45, 7) is 8.37. The third-order valence-electron chi connectivity index (χ3n) is 3.51. The van der Waals surface area contributed by atoms with Crippen molar-refractivity contribution in [1.82, 2.24) is 0 Å². The SMILES string of the molecule is CCC(C)(C)C(=O)OCCOCCOCCOc1ccccc1. The molecule has 0 spiro atoms. The molecule has 0 radical (unpaired) electrons. The molecule has 5 nitrogen and oxygen atoms in total. The molecular weight excluding hydrogens is 296 g/mol. The van der Waals surface area contributed by atoms with Gasteiger partial charge in [-0.3, -0.25) is 4.79 Å². The van der Waals surface area contributed by atoms with Crippen molar-refractivity contribution in [1.29, 1.82) is 0 Å². The maximum absolute atomic E-state index is 11.7. The first-order valence-electron chi connectivity index (χ1n) is 8.07. The second kappa shape index (κ2) is 11.0. The molecule has 0 aliphatic rings. The number of benzene rings is 1. The van der Waals surface area contributed by atoms with Crippen molar-refractivity contribution in [3.8, 4) is 5.75 Å². The fourth-order valence-corrected chi connectivity index (χ4v) is 1.59. The van der Waals surface area contributed by atoms with E-state index in [9.17, 15) is 4.79 Å². The van der Waals surface area contributed by atoms with Gasteiger partial charge in [0.15, 0.2) is 0 Å². The van der Waals surface area contributed by atoms with Crippen LogP contribution in [0.4, 0.5) is 0 Å². The number of esters is 1. The fourth-order valence-electron chi connectivity index (χ4n) is 1.59. The minimum atomic E-state index is -0.429. The molecule has 0 saturated carbocycles. The van der Waals surface area contributed by atoms with Crippen LogP contribution in [0.25, 0.3) is 0 Å². The van der Waals surface area contributed by atoms with Crippen LogP contribution in [0.3, 0.4) is 0 Å². The summed E-state index contributed by atoms with van der Waals surface area (Å²) < 4.78 is 21.4. The zero-order valence-electron chi connectivity index (χ0n) is 14.4. The molecule has 23 heavy (non-hydrogen) atoms. The minimum Gasteiger partial charge on any atom is -0.491 e. The van der Waals surface area contributed by atoms with Crippen LogP contribution < -0.4 is 4.74 Å². The van der Waals surface area contributed by atoms with Gasteiger partial charge in [0.2, 0.25) is 0 Å². The predicted octanol–water partition coefficient (Wildman–Crippen LogP) is 3.08. The third kappa shape index (κ3) is 8.57. The molecule has 130 valence electrons. The number of rotatable bonds is 12. The van der Waals surface area contributed by atoms with E-state index in [0.717, 1.165) is 12.2 Å². The van der Waals surface area contributed by atoms with Gasteiger partial charge < -0.3 is 18.9 Å². The molecule has 1 aromatic rings. The van der Waals surface area contributed by atoms with Crippen molar-refractivity contribution < 1.29 is 23.7 Å². The molecule has 0 bridgehead atoms. The Kier molecular flexibility index (Phi) is 9.33. The minimum absolute atomic E-state index is 0.182. The van der Waals surface area contributed by atoms with Gasteiger partial charge in [-0.05, 0) is 32.4 Å². The Morgan fingerprint density at radius 1 is 0.913 bits per heavy atom. The van der Waals surface area contributed by atoms with E-state index in [2.05, 4.69) is 0 Å². The van der Waals surface area contributed by atoms with Crippen LogP contribution in [0.5, 0.6) is 5.75 Å². The van der Waals surface area contributed by atoms with E-state index in [4.69, 9.17) is 18.9 Å². The average molecular weight is 324 g/mol. The van der Waals surface area contributed by atoms with Gasteiger partial charge in [0, 0.05) is 0 Å². The smallest absolute Gasteiger partial charge is 0.311 e. The summed E-state index contributed by atoms with van der Waals surface area (Å²) in [6.07, 6.45) is 0.756. The summed E-state index contributed by atoms with van der Waals surface area (Å²) in [4.78, 5) is 11.7. The lowest BCUT2D eigenvalue weighted by Gasteiger charge is -2.20. The van der Waals surface area contributed by atoms with Crippen molar-refractivity contribution >= 4 is 5.97 Å². The molecule has 0 heterocycles. The van der Waals surface area contributed by atoms with E-state index >= 15 is 0 Å². The third-order valence-corrected chi connectivity index (χ3v) is 3.51. The van der Waals surface area contributed by atoms with E-state index in [0.29, 0.717) is 33.0 Å². The number of hydrogen-bond acceptors (Lipinski definition) is 5. The van der Waals surface area contributed by atoms with Gasteiger partial charge in [0.1, 0.15) is 19.0 Å². The molecule has 0 unspecified atom stereocenters. The molecular formula is C18H28O5. The summed E-state index contributed by atoms with van der Waals surface area (Å²) >= 11 is 0. The van der Waals surface area contributed by atoms with Gasteiger partial charge in [0.25, 0.3) is 0 Å². The Morgan fingerprint density at radius 3 is 2.09 bits per heavy atom. The van der Waals surface area contributed by atoms with E-state index in [1.54, 1.807) is 0 Å². The van der Waals surface area contributed by atoms with Crippen LogP contribution in [-0.4, -0.2) is 45.6 Å². The second-order valence-electron chi connectivity index (χ2n) is 5.76. The Bertz CT molecular complexity index is 430. The Labute approximate surface area is 138 Å². The lowest BCUT2D eigenvalue weighted by Crippen LogP contribution is -2.27. The molecule has 0 atom stereocenters. The van der Waals surface area contributed by atoms with Gasteiger partial charge in [-0.2, -0.15) is 0 Å². The molecule has 0 amide bonds. The quantitative estimate of drug-likeness (QED) is 0.437. The number of ether oxygens (including phenoxy) is 4. The summed E-state index contributed by atoms with van der Waals surface area (Å²) in [5.74, 6) is 0.655. The van der Waals surface area contributed by atoms with Gasteiger partial charge in [-0.1, -0.05) is 25.1 Å². The topological polar surface area (TPSA) is 54.0 Å². The molecule has 5 heteroatoms. The highest BCUT2D eigenvalue weighted by Crippen LogP contribution is 2.21. The Hall–Kier alpha value is -1.59. The van der Waals surface area contributed by atoms with Crippen molar-refractivity contribution in [2.45, 2.75) is 27.2 Å². The fraction of sp³-hybridized carbons (Fsp3) is 0.611. The van der Waals surface area contributed by atoms with Crippen molar-refractivity contribution in [3.05, 3.63) is 30.3 Å². The summed E-state index contributed by atoms with van der Waals surface area (Å²) in [5.41, 5.74) is -0.429. The highest BCUT2D eigenvalue weighted by atomic mass is 16.6. The summed E-state index contributed by atoms with van der Waals surface area (Å²) in [5, 5.41) is 0. The highest BCUT2D eigenvalue weighted by molar-refractivity contribution is 5.75. The van der Waals surface area contributed by atoms with Crippen LogP contribution in [0.15, 0.2) is 30.3 Å². The average Bonchev–Trinajstić information content (AvgIpc) is 2.57. The van der Waals surface area contributed by atoms with E-state index < -0.39 is 5.41 Å². The Morgan fingerprint density at radius 2 is 1.48 bits per heavy atom. The normalized spacial score (nSPS) is 11.3. The van der Waals surface area contributed by atoms with Crippen molar-refractivity contribution in [3.63, 3.8) is 0 Å². The number of carbonyl (C=O) groups is 1. The number of hydrogen-bond donors (Lipinski definition) is 0. The summed E-state index contributed by atoms with van der Waals surface area (Å²) in [7, 11) is 0. The zero-order valence-corrected chi connectivity index (χ0v) is 14.4. The van der Waals surface area contributed by atoms with Gasteiger partial charge in [-0.15, -0.1) is 0 Å². The number of para-hydroxylation sites is 1. The van der Waals surface area contributed by atoms with E-state index in [-0.39, 0.29) is 12.6 Å². The largest absolute Gasteiger partial charge is 0.491 e. The first-order valence-corrected chi connectivity index (χ1v) is 8.07. The van der Waals surface area contributed by atoms with Crippen molar-refractivity contribution in [2.75, 3.05) is 39.6 Å². The molecule has 0 aromatic heterocycles. The van der Waals surface area contributed by atoms with Crippen LogP contribution in [0, 0.1) is 5.41 Å². The van der Waals surface area contributed by atoms with E-state index in [1.165, 1.54) is 0 Å². The van der Waals surface area contributed by atoms with Crippen LogP contribution in [0.2, 0.25) is 0 Å². The van der Waals surface area contributed by atoms with E-state index in [1.807, 2.05) is 51.1 Å². The molecule has 0 aliphatic heterocycles. The lowest BCUT2D eigenvalue weighted by atomic mass is 9.91. The van der Waals surface area contributed by atoms with Gasteiger partial charge >= 0.3 is 5.97 Å². The lowest BCUT2D eigenvalue weighted by molar-refractivity contribution is -0.155. The number of carbonyl (C=O) groups excluding carboxylic acids is 1. The monoisotopic (exact) mass is 324 g/mol. The standard InChI is InChI=1S/C18H28O5/c1-4-18(2,3)17(19)23-15-13-21-11-10-20-12-14-22-16-8-6-5-7-9-16/h5-9H,4,10-15H2,1-3H3. The second-order valence-corrected chi connectivity index (χ2v) is 5.76. The summed E-state index contributed by atoms with van der Waals surface area (Å²) in [6, 6.07) is 9.62. The zero-order chi connectivity index (χ0) is 17.0. The molecule has 0 N–H and O–H groups in total. The van der Waals surface area contributed by atoms with Crippen LogP contribution in [-0.2, 0) is 19.0 Å². The maximum Gasteiger partial charge on any atom is 0.311 e. The van der Waals surface area contributed by atoms with Crippen LogP contribution in [0.1, 0.15) is 27.2 Å². The molecule has 0 fully saturated rings. The maximum atomic E-state index is 11.7. The Balaban J connectivity index is 1.89. The molecule has 1 rings (SSSR count). The first kappa shape index (κ1) is 19.5. The molecule has 0 saturated heterocycles. The first-order chi connectivity index (χ1) is 11.1. The van der Waals surface area contributed by atoms with Gasteiger partial charge in [-0.25, -0.2) is 0 Å². The molecule has 1 aromatic carbocycles. The highest BCUT2D eigenvalue weighted by Gasteiger charge is 2.26. The predicted molar refractivity (Wildman–Crippen MR) is 88.6 cm³/mol. The molecule has 0 aliphatic carbocycles.